The number of hydrogen-bond donors (Lipinski definition) is 1. The Hall–Kier alpha value is -2.45. The van der Waals surface area contributed by atoms with Gasteiger partial charge in [0.25, 0.3) is 15.9 Å². The molecule has 0 aliphatic carbocycles. The molecule has 0 spiro atoms. The maximum Gasteiger partial charge on any atom is 0.261 e. The number of anilines is 1. The SMILES string of the molecule is O=C(c1ccc(S(=O)(=O)Nc2ccccc2F)cc1)N1CCC(N2CCCC2)CC1. The van der Waals surface area contributed by atoms with Gasteiger partial charge in [-0.3, -0.25) is 9.52 Å². The van der Waals surface area contributed by atoms with E-state index in [4.69, 9.17) is 0 Å². The smallest absolute Gasteiger partial charge is 0.261 e. The highest BCUT2D eigenvalue weighted by Gasteiger charge is 2.28. The van der Waals surface area contributed by atoms with Crippen molar-refractivity contribution in [2.45, 2.75) is 36.6 Å². The van der Waals surface area contributed by atoms with Crippen molar-refractivity contribution in [2.75, 3.05) is 30.9 Å². The van der Waals surface area contributed by atoms with Gasteiger partial charge >= 0.3 is 0 Å². The quantitative estimate of drug-likeness (QED) is 0.789. The highest BCUT2D eigenvalue weighted by Crippen LogP contribution is 2.23. The van der Waals surface area contributed by atoms with E-state index in [1.165, 1.54) is 55.3 Å². The summed E-state index contributed by atoms with van der Waals surface area (Å²) in [5.74, 6) is -0.730. The number of nitrogens with zero attached hydrogens (tertiary/aromatic N) is 2. The number of piperidine rings is 1. The lowest BCUT2D eigenvalue weighted by Gasteiger charge is -2.36. The van der Waals surface area contributed by atoms with E-state index >= 15 is 0 Å². The second-order valence-corrected chi connectivity index (χ2v) is 9.56. The summed E-state index contributed by atoms with van der Waals surface area (Å²) >= 11 is 0. The fraction of sp³-hybridized carbons (Fsp3) is 0.409. The molecule has 2 saturated heterocycles. The van der Waals surface area contributed by atoms with Crippen molar-refractivity contribution in [1.29, 1.82) is 0 Å². The first-order chi connectivity index (χ1) is 14.4. The molecular weight excluding hydrogens is 405 g/mol. The Morgan fingerprint density at radius 1 is 0.933 bits per heavy atom. The number of amides is 1. The van der Waals surface area contributed by atoms with Gasteiger partial charge in [-0.2, -0.15) is 0 Å². The van der Waals surface area contributed by atoms with Crippen LogP contribution >= 0.6 is 0 Å². The van der Waals surface area contributed by atoms with Crippen LogP contribution in [0.3, 0.4) is 0 Å². The zero-order valence-electron chi connectivity index (χ0n) is 16.8. The predicted octanol–water partition coefficient (Wildman–Crippen LogP) is 3.33. The second-order valence-electron chi connectivity index (χ2n) is 7.88. The molecule has 0 aromatic heterocycles. The van der Waals surface area contributed by atoms with Crippen LogP contribution in [0.5, 0.6) is 0 Å². The van der Waals surface area contributed by atoms with Crippen LogP contribution in [-0.2, 0) is 10.0 Å². The highest BCUT2D eigenvalue weighted by atomic mass is 32.2. The molecule has 2 aromatic carbocycles. The molecule has 8 heteroatoms. The lowest BCUT2D eigenvalue weighted by atomic mass is 10.0. The van der Waals surface area contributed by atoms with Crippen LogP contribution in [0.25, 0.3) is 0 Å². The maximum absolute atomic E-state index is 13.8. The van der Waals surface area contributed by atoms with Gasteiger partial charge in [-0.05, 0) is 75.2 Å². The molecule has 6 nitrogen and oxygen atoms in total. The van der Waals surface area contributed by atoms with Gasteiger partial charge in [-0.15, -0.1) is 0 Å². The summed E-state index contributed by atoms with van der Waals surface area (Å²) < 4.78 is 41.0. The number of rotatable bonds is 5. The Morgan fingerprint density at radius 3 is 2.20 bits per heavy atom. The third-order valence-corrected chi connectivity index (χ3v) is 7.32. The Morgan fingerprint density at radius 2 is 1.57 bits per heavy atom. The predicted molar refractivity (Wildman–Crippen MR) is 113 cm³/mol. The van der Waals surface area contributed by atoms with Gasteiger partial charge in [-0.1, -0.05) is 12.1 Å². The Kier molecular flexibility index (Phi) is 6.06. The molecule has 160 valence electrons. The minimum Gasteiger partial charge on any atom is -0.339 e. The van der Waals surface area contributed by atoms with E-state index in [0.29, 0.717) is 11.6 Å². The van der Waals surface area contributed by atoms with Gasteiger partial charge in [-0.25, -0.2) is 12.8 Å². The van der Waals surface area contributed by atoms with E-state index in [1.54, 1.807) is 6.07 Å². The Bertz CT molecular complexity index is 997. The minimum atomic E-state index is -3.94. The van der Waals surface area contributed by atoms with Crippen LogP contribution in [-0.4, -0.2) is 56.3 Å². The second kappa shape index (κ2) is 8.73. The van der Waals surface area contributed by atoms with E-state index in [9.17, 15) is 17.6 Å². The zero-order valence-corrected chi connectivity index (χ0v) is 17.6. The van der Waals surface area contributed by atoms with Crippen LogP contribution < -0.4 is 4.72 Å². The average molecular weight is 432 g/mol. The van der Waals surface area contributed by atoms with Crippen LogP contribution in [0.1, 0.15) is 36.0 Å². The molecule has 0 saturated carbocycles. The summed E-state index contributed by atoms with van der Waals surface area (Å²) in [7, 11) is -3.94. The number of likely N-dealkylation sites (tertiary alicyclic amines) is 2. The topological polar surface area (TPSA) is 69.7 Å². The molecular formula is C22H26FN3O3S. The molecule has 2 aromatic rings. The molecule has 1 amide bonds. The summed E-state index contributed by atoms with van der Waals surface area (Å²) in [5, 5.41) is 0. The summed E-state index contributed by atoms with van der Waals surface area (Å²) in [5.41, 5.74) is 0.345. The van der Waals surface area contributed by atoms with Crippen molar-refractivity contribution in [3.8, 4) is 0 Å². The number of nitrogens with one attached hydrogen (secondary N) is 1. The number of carbonyl (C=O) groups excluding carboxylic acids is 1. The molecule has 30 heavy (non-hydrogen) atoms. The van der Waals surface area contributed by atoms with Crippen molar-refractivity contribution < 1.29 is 17.6 Å². The van der Waals surface area contributed by atoms with Gasteiger partial charge in [0.05, 0.1) is 10.6 Å². The number of halogens is 1. The average Bonchev–Trinajstić information content (AvgIpc) is 3.30. The first kappa shape index (κ1) is 20.8. The van der Waals surface area contributed by atoms with Crippen LogP contribution in [0.4, 0.5) is 10.1 Å². The molecule has 2 aliphatic heterocycles. The lowest BCUT2D eigenvalue weighted by Crippen LogP contribution is -2.45. The van der Waals surface area contributed by atoms with Crippen LogP contribution in [0.15, 0.2) is 53.4 Å². The number of carbonyl (C=O) groups is 1. The monoisotopic (exact) mass is 431 g/mol. The zero-order chi connectivity index (χ0) is 21.1. The van der Waals surface area contributed by atoms with Crippen molar-refractivity contribution in [1.82, 2.24) is 9.80 Å². The van der Waals surface area contributed by atoms with Gasteiger partial charge in [0.2, 0.25) is 0 Å². The molecule has 1 N–H and O–H groups in total. The summed E-state index contributed by atoms with van der Waals surface area (Å²) in [4.78, 5) is 17.2. The first-order valence-electron chi connectivity index (χ1n) is 10.3. The fourth-order valence-electron chi connectivity index (χ4n) is 4.25. The number of benzene rings is 2. The molecule has 2 heterocycles. The molecule has 0 unspecified atom stereocenters. The molecule has 2 fully saturated rings. The van der Waals surface area contributed by atoms with Crippen LogP contribution in [0, 0.1) is 5.82 Å². The first-order valence-corrected chi connectivity index (χ1v) is 11.8. The van der Waals surface area contributed by atoms with E-state index in [-0.39, 0.29) is 16.5 Å². The molecule has 0 atom stereocenters. The van der Waals surface area contributed by atoms with Gasteiger partial charge in [0, 0.05) is 24.7 Å². The third-order valence-electron chi connectivity index (χ3n) is 5.94. The molecule has 0 bridgehead atoms. The minimum absolute atomic E-state index is 0.0185. The maximum atomic E-state index is 13.8. The molecule has 2 aliphatic rings. The molecule has 4 rings (SSSR count). The van der Waals surface area contributed by atoms with Crippen molar-refractivity contribution in [2.24, 2.45) is 0 Å². The summed E-state index contributed by atoms with van der Waals surface area (Å²) in [6.07, 6.45) is 4.48. The summed E-state index contributed by atoms with van der Waals surface area (Å²) in [6.45, 7) is 3.76. The number of sulfonamides is 1. The Balaban J connectivity index is 1.39. The largest absolute Gasteiger partial charge is 0.339 e. The fourth-order valence-corrected chi connectivity index (χ4v) is 5.32. The molecule has 0 radical (unpaired) electrons. The van der Waals surface area contributed by atoms with Gasteiger partial charge in [0.1, 0.15) is 5.82 Å². The highest BCUT2D eigenvalue weighted by molar-refractivity contribution is 7.92. The lowest BCUT2D eigenvalue weighted by molar-refractivity contribution is 0.0644. The normalized spacial score (nSPS) is 18.5. The van der Waals surface area contributed by atoms with Crippen molar-refractivity contribution in [3.05, 3.63) is 59.9 Å². The van der Waals surface area contributed by atoms with Crippen molar-refractivity contribution in [3.63, 3.8) is 0 Å². The van der Waals surface area contributed by atoms with Crippen molar-refractivity contribution >= 4 is 21.6 Å². The number of hydrogen-bond acceptors (Lipinski definition) is 4. The van der Waals surface area contributed by atoms with E-state index in [0.717, 1.165) is 39.0 Å². The summed E-state index contributed by atoms with van der Waals surface area (Å²) in [6, 6.07) is 11.9. The van der Waals surface area contributed by atoms with Crippen LogP contribution in [0.2, 0.25) is 0 Å². The van der Waals surface area contributed by atoms with E-state index < -0.39 is 15.8 Å². The Labute approximate surface area is 176 Å². The third kappa shape index (κ3) is 4.49. The van der Waals surface area contributed by atoms with E-state index in [2.05, 4.69) is 9.62 Å². The van der Waals surface area contributed by atoms with Gasteiger partial charge < -0.3 is 9.80 Å². The standard InChI is InChI=1S/C22H26FN3O3S/c23-20-5-1-2-6-21(20)24-30(28,29)19-9-7-17(8-10-19)22(27)26-15-11-18(12-16-26)25-13-3-4-14-25/h1-2,5-10,18,24H,3-4,11-16H2. The van der Waals surface area contributed by atoms with Gasteiger partial charge in [0.15, 0.2) is 0 Å². The van der Waals surface area contributed by atoms with E-state index in [1.807, 2.05) is 4.90 Å². The number of para-hydroxylation sites is 1.